The van der Waals surface area contributed by atoms with E-state index in [1.807, 2.05) is 12.2 Å². The van der Waals surface area contributed by atoms with Gasteiger partial charge < -0.3 is 0 Å². The summed E-state index contributed by atoms with van der Waals surface area (Å²) in [5.74, 6) is 0. The minimum absolute atomic E-state index is 0.679. The smallest absolute Gasteiger partial charge is 0.0693 e. The second kappa shape index (κ2) is 2.58. The van der Waals surface area contributed by atoms with E-state index in [1.54, 1.807) is 6.08 Å². The number of hydrogen-bond acceptors (Lipinski definition) is 2. The van der Waals surface area contributed by atoms with Gasteiger partial charge in [-0.15, -0.1) is 0 Å². The lowest BCUT2D eigenvalue weighted by Crippen LogP contribution is -1.97. The third-order valence-electron chi connectivity index (χ3n) is 1.41. The third-order valence-corrected chi connectivity index (χ3v) is 2.61. The molecule has 0 amide bonds. The van der Waals surface area contributed by atoms with Crippen molar-refractivity contribution in [2.45, 2.75) is 12.8 Å². The number of rotatable bonds is 1. The fourth-order valence-corrected chi connectivity index (χ4v) is 1.67. The largest absolute Gasteiger partial charge is 0.249 e. The molecule has 0 saturated carbocycles. The molecular weight excluding hydrogens is 146 g/mol. The minimum atomic E-state index is -2.45. The molecule has 1 rings (SSSR count). The molecule has 1 unspecified atom stereocenters. The van der Waals surface area contributed by atoms with Gasteiger partial charge in [0.25, 0.3) is 0 Å². The number of nitrogens with one attached hydrogen (secondary N) is 1. The summed E-state index contributed by atoms with van der Waals surface area (Å²) in [7, 11) is -2.45. The normalized spacial score (nSPS) is 23.5. The van der Waals surface area contributed by atoms with Crippen LogP contribution in [0.15, 0.2) is 23.1 Å². The lowest BCUT2D eigenvalue weighted by atomic mass is 10.2. The average Bonchev–Trinajstić information content (AvgIpc) is 1.88. The Hall–Kier alpha value is -0.570. The molecule has 56 valence electrons. The van der Waals surface area contributed by atoms with Crippen molar-refractivity contribution >= 4 is 9.73 Å². The van der Waals surface area contributed by atoms with E-state index in [2.05, 4.69) is 0 Å². The topological polar surface area (TPSA) is 40.9 Å². The van der Waals surface area contributed by atoms with Gasteiger partial charge in [-0.1, -0.05) is 12.2 Å². The third kappa shape index (κ3) is 1.70. The maximum absolute atomic E-state index is 11.1. The Balaban J connectivity index is 2.94. The second-order valence-corrected chi connectivity index (χ2v) is 4.59. The van der Waals surface area contributed by atoms with Gasteiger partial charge in [-0.25, -0.2) is 8.99 Å². The first-order chi connectivity index (χ1) is 4.61. The van der Waals surface area contributed by atoms with Gasteiger partial charge in [0, 0.05) is 11.2 Å². The van der Waals surface area contributed by atoms with E-state index in [4.69, 9.17) is 4.78 Å². The summed E-state index contributed by atoms with van der Waals surface area (Å²) < 4.78 is 18.3. The van der Waals surface area contributed by atoms with Gasteiger partial charge in [-0.05, 0) is 18.9 Å². The standard InChI is InChI=1S/C7H11NOS/c1-10(8,9)7-5-3-2-4-6-7/h3,5-6,8H,2,4H2,1H3. The van der Waals surface area contributed by atoms with Crippen molar-refractivity contribution < 1.29 is 4.21 Å². The van der Waals surface area contributed by atoms with Gasteiger partial charge in [0.05, 0.1) is 9.73 Å². The van der Waals surface area contributed by atoms with E-state index in [9.17, 15) is 4.21 Å². The Morgan fingerprint density at radius 2 is 2.30 bits per heavy atom. The molecule has 0 saturated heterocycles. The molecule has 0 radical (unpaired) electrons. The van der Waals surface area contributed by atoms with E-state index in [-0.39, 0.29) is 0 Å². The summed E-state index contributed by atoms with van der Waals surface area (Å²) in [6.45, 7) is 0. The van der Waals surface area contributed by atoms with Crippen LogP contribution in [-0.4, -0.2) is 10.5 Å². The van der Waals surface area contributed by atoms with E-state index >= 15 is 0 Å². The molecule has 1 aliphatic rings. The maximum atomic E-state index is 11.1. The molecule has 0 aromatic carbocycles. The molecular formula is C7H11NOS. The van der Waals surface area contributed by atoms with Gasteiger partial charge in [0.1, 0.15) is 0 Å². The highest BCUT2D eigenvalue weighted by molar-refractivity contribution is 7.95. The monoisotopic (exact) mass is 157 g/mol. The van der Waals surface area contributed by atoms with Crippen molar-refractivity contribution in [2.24, 2.45) is 0 Å². The zero-order valence-corrected chi connectivity index (χ0v) is 6.78. The summed E-state index contributed by atoms with van der Waals surface area (Å²) in [4.78, 5) is 0.679. The molecule has 1 N–H and O–H groups in total. The molecule has 0 fully saturated rings. The van der Waals surface area contributed by atoms with Crippen molar-refractivity contribution in [2.75, 3.05) is 6.26 Å². The van der Waals surface area contributed by atoms with Crippen molar-refractivity contribution in [1.29, 1.82) is 4.78 Å². The van der Waals surface area contributed by atoms with Crippen LogP contribution in [0.2, 0.25) is 0 Å². The summed E-state index contributed by atoms with van der Waals surface area (Å²) in [6, 6.07) is 0. The zero-order valence-electron chi connectivity index (χ0n) is 5.96. The van der Waals surface area contributed by atoms with E-state index in [1.165, 1.54) is 6.26 Å². The number of allylic oxidation sites excluding steroid dienone is 3. The van der Waals surface area contributed by atoms with Crippen LogP contribution in [0.25, 0.3) is 0 Å². The van der Waals surface area contributed by atoms with Gasteiger partial charge >= 0.3 is 0 Å². The van der Waals surface area contributed by atoms with Crippen molar-refractivity contribution in [3.8, 4) is 0 Å². The molecule has 10 heavy (non-hydrogen) atoms. The highest BCUT2D eigenvalue weighted by Crippen LogP contribution is 2.14. The summed E-state index contributed by atoms with van der Waals surface area (Å²) in [5, 5.41) is 0. The van der Waals surface area contributed by atoms with Gasteiger partial charge in [0.15, 0.2) is 0 Å². The highest BCUT2D eigenvalue weighted by atomic mass is 32.2. The van der Waals surface area contributed by atoms with Crippen LogP contribution >= 0.6 is 0 Å². The van der Waals surface area contributed by atoms with Gasteiger partial charge in [-0.3, -0.25) is 0 Å². The molecule has 0 bridgehead atoms. The molecule has 0 heterocycles. The van der Waals surface area contributed by atoms with Crippen LogP contribution < -0.4 is 0 Å². The maximum Gasteiger partial charge on any atom is 0.0693 e. The molecule has 0 aliphatic heterocycles. The Morgan fingerprint density at radius 3 is 2.60 bits per heavy atom. The Labute approximate surface area is 61.6 Å². The summed E-state index contributed by atoms with van der Waals surface area (Å²) in [5.41, 5.74) is 0. The molecule has 3 heteroatoms. The average molecular weight is 157 g/mol. The lowest BCUT2D eigenvalue weighted by Gasteiger charge is -2.05. The first kappa shape index (κ1) is 7.54. The molecule has 0 spiro atoms. The van der Waals surface area contributed by atoms with Crippen LogP contribution in [0.1, 0.15) is 12.8 Å². The van der Waals surface area contributed by atoms with Crippen molar-refractivity contribution in [1.82, 2.24) is 0 Å². The Bertz CT molecular complexity index is 272. The minimum Gasteiger partial charge on any atom is -0.249 e. The predicted octanol–water partition coefficient (Wildman–Crippen LogP) is 1.90. The van der Waals surface area contributed by atoms with E-state index < -0.39 is 9.73 Å². The van der Waals surface area contributed by atoms with E-state index in [0.717, 1.165) is 12.8 Å². The predicted molar refractivity (Wildman–Crippen MR) is 43.2 cm³/mol. The zero-order chi connectivity index (χ0) is 7.61. The first-order valence-electron chi connectivity index (χ1n) is 3.21. The second-order valence-electron chi connectivity index (χ2n) is 2.43. The first-order valence-corrected chi connectivity index (χ1v) is 5.18. The Morgan fingerprint density at radius 1 is 1.60 bits per heavy atom. The highest BCUT2D eigenvalue weighted by Gasteiger charge is 2.04. The van der Waals surface area contributed by atoms with Crippen LogP contribution in [-0.2, 0) is 9.73 Å². The summed E-state index contributed by atoms with van der Waals surface area (Å²) in [6.07, 6.45) is 9.03. The van der Waals surface area contributed by atoms with Crippen LogP contribution in [0.3, 0.4) is 0 Å². The van der Waals surface area contributed by atoms with Crippen LogP contribution in [0.5, 0.6) is 0 Å². The fraction of sp³-hybridized carbons (Fsp3) is 0.429. The molecule has 2 nitrogen and oxygen atoms in total. The molecule has 0 aromatic heterocycles. The molecule has 1 aliphatic carbocycles. The summed E-state index contributed by atoms with van der Waals surface area (Å²) >= 11 is 0. The van der Waals surface area contributed by atoms with Crippen molar-refractivity contribution in [3.05, 3.63) is 23.1 Å². The fourth-order valence-electron chi connectivity index (χ4n) is 0.878. The number of hydrogen-bond donors (Lipinski definition) is 1. The molecule has 1 atom stereocenters. The van der Waals surface area contributed by atoms with Crippen LogP contribution in [0, 0.1) is 4.78 Å². The van der Waals surface area contributed by atoms with Gasteiger partial charge in [-0.2, -0.15) is 0 Å². The lowest BCUT2D eigenvalue weighted by molar-refractivity contribution is 0.683. The van der Waals surface area contributed by atoms with Crippen molar-refractivity contribution in [3.63, 3.8) is 0 Å². The van der Waals surface area contributed by atoms with E-state index in [0.29, 0.717) is 4.91 Å². The van der Waals surface area contributed by atoms with Gasteiger partial charge in [0.2, 0.25) is 0 Å². The van der Waals surface area contributed by atoms with Crippen LogP contribution in [0.4, 0.5) is 0 Å². The molecule has 0 aromatic rings. The Kier molecular flexibility index (Phi) is 1.94. The SMILES string of the molecule is CS(=N)(=O)C1=CCCC=C1. The quantitative estimate of drug-likeness (QED) is 0.620.